The number of amides is 1. The van der Waals surface area contributed by atoms with Crippen LogP contribution in [-0.2, 0) is 23.0 Å². The van der Waals surface area contributed by atoms with Gasteiger partial charge in [-0.1, -0.05) is 43.7 Å². The molecule has 1 heterocycles. The Kier molecular flexibility index (Phi) is 6.39. The van der Waals surface area contributed by atoms with E-state index in [0.717, 1.165) is 41.4 Å². The third-order valence-electron chi connectivity index (χ3n) is 5.13. The quantitative estimate of drug-likeness (QED) is 0.593. The van der Waals surface area contributed by atoms with Gasteiger partial charge in [-0.15, -0.1) is 0 Å². The highest BCUT2D eigenvalue weighted by Crippen LogP contribution is 2.26. The highest BCUT2D eigenvalue weighted by molar-refractivity contribution is 7.89. The highest BCUT2D eigenvalue weighted by atomic mass is 32.2. The highest BCUT2D eigenvalue weighted by Gasteiger charge is 2.19. The summed E-state index contributed by atoms with van der Waals surface area (Å²) in [6, 6.07) is 14.5. The lowest BCUT2D eigenvalue weighted by molar-refractivity contribution is 0.0944. The second-order valence-electron chi connectivity index (χ2n) is 7.19. The first kappa shape index (κ1) is 21.1. The number of aromatic nitrogens is 1. The predicted molar refractivity (Wildman–Crippen MR) is 115 cm³/mol. The Bertz CT molecular complexity index is 1120. The van der Waals surface area contributed by atoms with Crippen LogP contribution in [0.15, 0.2) is 53.4 Å². The number of nitrogens with two attached hydrogens (primary N) is 1. The van der Waals surface area contributed by atoms with E-state index in [9.17, 15) is 13.2 Å². The fourth-order valence-electron chi connectivity index (χ4n) is 3.57. The van der Waals surface area contributed by atoms with Crippen LogP contribution in [0.25, 0.3) is 10.9 Å². The van der Waals surface area contributed by atoms with Gasteiger partial charge in [0.1, 0.15) is 5.69 Å². The molecule has 1 aromatic heterocycles. The summed E-state index contributed by atoms with van der Waals surface area (Å²) in [6.07, 6.45) is 2.67. The first-order valence-corrected chi connectivity index (χ1v) is 11.3. The molecule has 6 nitrogen and oxygen atoms in total. The molecule has 0 aliphatic rings. The maximum Gasteiger partial charge on any atom is 0.268 e. The minimum Gasteiger partial charge on any atom is -0.350 e. The number of sulfonamides is 1. The average Bonchev–Trinajstić information content (AvgIpc) is 2.98. The first-order valence-electron chi connectivity index (χ1n) is 9.80. The number of benzene rings is 2. The number of fused-ring (bicyclic) bond motifs is 1. The number of para-hydroxylation sites is 1. The molecule has 0 unspecified atom stereocenters. The zero-order chi connectivity index (χ0) is 21.0. The molecule has 0 atom stereocenters. The molecule has 7 heteroatoms. The van der Waals surface area contributed by atoms with Crippen molar-refractivity contribution in [2.45, 2.75) is 44.6 Å². The summed E-state index contributed by atoms with van der Waals surface area (Å²) in [5.41, 5.74) is 3.72. The van der Waals surface area contributed by atoms with Crippen LogP contribution in [0.3, 0.4) is 0 Å². The van der Waals surface area contributed by atoms with E-state index in [4.69, 9.17) is 5.14 Å². The van der Waals surface area contributed by atoms with Crippen molar-refractivity contribution < 1.29 is 13.2 Å². The van der Waals surface area contributed by atoms with Gasteiger partial charge in [-0.3, -0.25) is 4.79 Å². The summed E-state index contributed by atoms with van der Waals surface area (Å²) in [5.74, 6) is -0.0871. The van der Waals surface area contributed by atoms with Crippen LogP contribution in [-0.4, -0.2) is 25.4 Å². The van der Waals surface area contributed by atoms with Crippen molar-refractivity contribution in [2.24, 2.45) is 5.14 Å². The molecule has 0 saturated heterocycles. The SMILES string of the molecule is CCCCn1c(C(=O)NCCc2ccc(S(N)(=O)=O)cc2)c(C)c2ccccc21. The summed E-state index contributed by atoms with van der Waals surface area (Å²) in [5, 5.41) is 9.23. The first-order chi connectivity index (χ1) is 13.8. The lowest BCUT2D eigenvalue weighted by Crippen LogP contribution is -2.28. The van der Waals surface area contributed by atoms with Crippen LogP contribution in [0.1, 0.15) is 41.4 Å². The van der Waals surface area contributed by atoms with E-state index in [1.165, 1.54) is 12.1 Å². The summed E-state index contributed by atoms with van der Waals surface area (Å²) in [4.78, 5) is 13.1. The molecule has 0 saturated carbocycles. The van der Waals surface area contributed by atoms with E-state index < -0.39 is 10.0 Å². The molecule has 0 fully saturated rings. The zero-order valence-electron chi connectivity index (χ0n) is 16.8. The second kappa shape index (κ2) is 8.80. The fraction of sp³-hybridized carbons (Fsp3) is 0.318. The summed E-state index contributed by atoms with van der Waals surface area (Å²) < 4.78 is 24.8. The Labute approximate surface area is 171 Å². The van der Waals surface area contributed by atoms with Crippen LogP contribution in [0, 0.1) is 6.92 Å². The molecule has 0 aliphatic heterocycles. The van der Waals surface area contributed by atoms with Crippen molar-refractivity contribution in [1.29, 1.82) is 0 Å². The number of carbonyl (C=O) groups is 1. The van der Waals surface area contributed by atoms with Gasteiger partial charge < -0.3 is 9.88 Å². The Hall–Kier alpha value is -2.64. The lowest BCUT2D eigenvalue weighted by atomic mass is 10.1. The predicted octanol–water partition coefficient (Wildman–Crippen LogP) is 3.37. The molecule has 0 spiro atoms. The number of rotatable bonds is 8. The van der Waals surface area contributed by atoms with Crippen LogP contribution < -0.4 is 10.5 Å². The van der Waals surface area contributed by atoms with Gasteiger partial charge >= 0.3 is 0 Å². The van der Waals surface area contributed by atoms with E-state index in [2.05, 4.69) is 28.9 Å². The van der Waals surface area contributed by atoms with Crippen LogP contribution >= 0.6 is 0 Å². The topological polar surface area (TPSA) is 94.2 Å². The number of carbonyl (C=O) groups excluding carboxylic acids is 1. The van der Waals surface area contributed by atoms with Crippen molar-refractivity contribution in [3.05, 3.63) is 65.4 Å². The molecule has 1 amide bonds. The van der Waals surface area contributed by atoms with Gasteiger partial charge in [0.15, 0.2) is 0 Å². The van der Waals surface area contributed by atoms with Crippen LogP contribution in [0.4, 0.5) is 0 Å². The molecule has 0 aliphatic carbocycles. The van der Waals surface area contributed by atoms with E-state index in [0.29, 0.717) is 18.7 Å². The molecule has 3 aromatic rings. The third-order valence-corrected chi connectivity index (χ3v) is 6.05. The van der Waals surface area contributed by atoms with Crippen LogP contribution in [0.5, 0.6) is 0 Å². The number of nitrogens with one attached hydrogen (secondary N) is 1. The van der Waals surface area contributed by atoms with Crippen LogP contribution in [0.2, 0.25) is 0 Å². The van der Waals surface area contributed by atoms with Crippen molar-refractivity contribution in [3.8, 4) is 0 Å². The number of hydrogen-bond donors (Lipinski definition) is 2. The maximum absolute atomic E-state index is 13.0. The molecular formula is C22H27N3O3S. The van der Waals surface area contributed by atoms with Gasteiger partial charge in [-0.05, 0) is 49.1 Å². The molecule has 29 heavy (non-hydrogen) atoms. The van der Waals surface area contributed by atoms with Gasteiger partial charge in [0.2, 0.25) is 10.0 Å². The third kappa shape index (κ3) is 4.68. The maximum atomic E-state index is 13.0. The minimum absolute atomic E-state index is 0.0846. The number of primary sulfonamides is 1. The largest absolute Gasteiger partial charge is 0.350 e. The summed E-state index contributed by atoms with van der Waals surface area (Å²) in [7, 11) is -3.69. The average molecular weight is 414 g/mol. The molecule has 3 rings (SSSR count). The van der Waals surface area contributed by atoms with Gasteiger partial charge in [-0.25, -0.2) is 13.6 Å². The monoisotopic (exact) mass is 413 g/mol. The normalized spacial score (nSPS) is 11.7. The van der Waals surface area contributed by atoms with Crippen molar-refractivity contribution in [1.82, 2.24) is 9.88 Å². The fourth-order valence-corrected chi connectivity index (χ4v) is 4.08. The Morgan fingerprint density at radius 1 is 1.10 bits per heavy atom. The number of nitrogens with zero attached hydrogens (tertiary/aromatic N) is 1. The molecule has 154 valence electrons. The molecule has 0 bridgehead atoms. The van der Waals surface area contributed by atoms with Gasteiger partial charge in [0, 0.05) is 24.0 Å². The Balaban J connectivity index is 1.74. The van der Waals surface area contributed by atoms with Gasteiger partial charge in [0.25, 0.3) is 5.91 Å². The van der Waals surface area contributed by atoms with Crippen molar-refractivity contribution in [2.75, 3.05) is 6.54 Å². The number of hydrogen-bond acceptors (Lipinski definition) is 3. The lowest BCUT2D eigenvalue weighted by Gasteiger charge is -2.12. The molecular weight excluding hydrogens is 386 g/mol. The standard InChI is InChI=1S/C22H27N3O3S/c1-3-4-15-25-20-8-6-5-7-19(20)16(2)21(25)22(26)24-14-13-17-9-11-18(12-10-17)29(23,27)28/h5-12H,3-4,13-15H2,1-2H3,(H,24,26)(H2,23,27,28). The van der Waals surface area contributed by atoms with E-state index in [1.807, 2.05) is 19.1 Å². The van der Waals surface area contributed by atoms with E-state index >= 15 is 0 Å². The molecule has 2 aromatic carbocycles. The number of aryl methyl sites for hydroxylation is 2. The van der Waals surface area contributed by atoms with Gasteiger partial charge in [-0.2, -0.15) is 0 Å². The van der Waals surface area contributed by atoms with E-state index in [-0.39, 0.29) is 10.8 Å². The second-order valence-corrected chi connectivity index (χ2v) is 8.75. The zero-order valence-corrected chi connectivity index (χ0v) is 17.6. The number of unbranched alkanes of at least 4 members (excludes halogenated alkanes) is 1. The molecule has 3 N–H and O–H groups in total. The smallest absolute Gasteiger partial charge is 0.268 e. The Morgan fingerprint density at radius 3 is 2.45 bits per heavy atom. The van der Waals surface area contributed by atoms with Crippen molar-refractivity contribution >= 4 is 26.8 Å². The van der Waals surface area contributed by atoms with Crippen molar-refractivity contribution in [3.63, 3.8) is 0 Å². The summed E-state index contributed by atoms with van der Waals surface area (Å²) in [6.45, 7) is 5.40. The summed E-state index contributed by atoms with van der Waals surface area (Å²) >= 11 is 0. The van der Waals surface area contributed by atoms with E-state index in [1.54, 1.807) is 12.1 Å². The minimum atomic E-state index is -3.69. The molecule has 0 radical (unpaired) electrons. The Morgan fingerprint density at radius 2 is 1.79 bits per heavy atom. The van der Waals surface area contributed by atoms with Gasteiger partial charge in [0.05, 0.1) is 4.90 Å².